The second-order valence-electron chi connectivity index (χ2n) is 4.65. The van der Waals surface area contributed by atoms with E-state index in [0.717, 1.165) is 12.2 Å². The number of imidazole rings is 1. The van der Waals surface area contributed by atoms with Gasteiger partial charge in [-0.1, -0.05) is 19.1 Å². The summed E-state index contributed by atoms with van der Waals surface area (Å²) < 4.78 is 26.4. The lowest BCUT2D eigenvalue weighted by Gasteiger charge is -2.08. The van der Waals surface area contributed by atoms with Crippen LogP contribution in [0.15, 0.2) is 41.6 Å². The molecular formula is C14H18N4O2S. The molecule has 0 unspecified atom stereocenters. The van der Waals surface area contributed by atoms with Crippen molar-refractivity contribution in [2.75, 3.05) is 5.75 Å². The van der Waals surface area contributed by atoms with Crippen LogP contribution in [0, 0.1) is 5.41 Å². The highest BCUT2D eigenvalue weighted by Crippen LogP contribution is 2.13. The number of amidine groups is 1. The maximum Gasteiger partial charge on any atom is 0.180 e. The standard InChI is InChI=1S/C14H18N4O2S/c1-2-13-17-7-8-18(13)9-10-21(19,20)12-5-3-11(4-6-12)14(15)16/h3-8H,2,9-10H2,1H3,(H3,15,16). The van der Waals surface area contributed by atoms with Crippen molar-refractivity contribution in [2.45, 2.75) is 24.8 Å². The van der Waals surface area contributed by atoms with Gasteiger partial charge < -0.3 is 10.3 Å². The Morgan fingerprint density at radius 1 is 1.33 bits per heavy atom. The van der Waals surface area contributed by atoms with Crippen LogP contribution in [-0.2, 0) is 22.8 Å². The number of sulfone groups is 1. The highest BCUT2D eigenvalue weighted by Gasteiger charge is 2.15. The van der Waals surface area contributed by atoms with Crippen LogP contribution in [0.25, 0.3) is 0 Å². The van der Waals surface area contributed by atoms with Crippen molar-refractivity contribution in [3.8, 4) is 0 Å². The fourth-order valence-corrected chi connectivity index (χ4v) is 3.26. The smallest absolute Gasteiger partial charge is 0.180 e. The monoisotopic (exact) mass is 306 g/mol. The molecule has 0 spiro atoms. The first kappa shape index (κ1) is 15.2. The molecule has 3 N–H and O–H groups in total. The minimum Gasteiger partial charge on any atom is -0.384 e. The van der Waals surface area contributed by atoms with E-state index in [4.69, 9.17) is 11.1 Å². The van der Waals surface area contributed by atoms with Gasteiger partial charge in [-0.05, 0) is 12.1 Å². The summed E-state index contributed by atoms with van der Waals surface area (Å²) in [6.07, 6.45) is 4.22. The molecule has 0 fully saturated rings. The Labute approximate surface area is 124 Å². The summed E-state index contributed by atoms with van der Waals surface area (Å²) in [4.78, 5) is 4.41. The van der Waals surface area contributed by atoms with Crippen LogP contribution in [0.3, 0.4) is 0 Å². The molecule has 0 aliphatic carbocycles. The van der Waals surface area contributed by atoms with Gasteiger partial charge in [0.2, 0.25) is 0 Å². The van der Waals surface area contributed by atoms with E-state index in [1.165, 1.54) is 12.1 Å². The lowest BCUT2D eigenvalue weighted by molar-refractivity contribution is 0.586. The number of hydrogen-bond acceptors (Lipinski definition) is 4. The highest BCUT2D eigenvalue weighted by molar-refractivity contribution is 7.91. The van der Waals surface area contributed by atoms with Crippen LogP contribution in [0.4, 0.5) is 0 Å². The van der Waals surface area contributed by atoms with Crippen molar-refractivity contribution in [1.82, 2.24) is 9.55 Å². The topological polar surface area (TPSA) is 102 Å². The maximum atomic E-state index is 12.3. The highest BCUT2D eigenvalue weighted by atomic mass is 32.2. The zero-order valence-corrected chi connectivity index (χ0v) is 12.6. The molecule has 0 radical (unpaired) electrons. The molecule has 0 amide bonds. The predicted molar refractivity (Wildman–Crippen MR) is 81.1 cm³/mol. The van der Waals surface area contributed by atoms with E-state index in [1.807, 2.05) is 11.5 Å². The Kier molecular flexibility index (Phi) is 4.42. The number of nitrogens with zero attached hydrogens (tertiary/aromatic N) is 2. The number of nitrogens with one attached hydrogen (secondary N) is 1. The molecule has 0 aliphatic rings. The van der Waals surface area contributed by atoms with Gasteiger partial charge in [0.25, 0.3) is 0 Å². The van der Waals surface area contributed by atoms with E-state index in [1.54, 1.807) is 24.5 Å². The van der Waals surface area contributed by atoms with Crippen LogP contribution in [0.1, 0.15) is 18.3 Å². The van der Waals surface area contributed by atoms with E-state index in [-0.39, 0.29) is 16.5 Å². The zero-order valence-electron chi connectivity index (χ0n) is 11.8. The first-order valence-electron chi connectivity index (χ1n) is 6.61. The quantitative estimate of drug-likeness (QED) is 0.618. The number of benzene rings is 1. The lowest BCUT2D eigenvalue weighted by Crippen LogP contribution is -2.15. The summed E-state index contributed by atoms with van der Waals surface area (Å²) in [5.74, 6) is 0.803. The second-order valence-corrected chi connectivity index (χ2v) is 6.76. The molecule has 21 heavy (non-hydrogen) atoms. The Morgan fingerprint density at radius 3 is 2.57 bits per heavy atom. The summed E-state index contributed by atoms with van der Waals surface area (Å²) in [5.41, 5.74) is 5.86. The normalized spacial score (nSPS) is 11.5. The number of aromatic nitrogens is 2. The Balaban J connectivity index is 2.13. The molecule has 0 atom stereocenters. The van der Waals surface area contributed by atoms with Crippen molar-refractivity contribution in [3.63, 3.8) is 0 Å². The van der Waals surface area contributed by atoms with Crippen LogP contribution >= 0.6 is 0 Å². The zero-order chi connectivity index (χ0) is 15.5. The molecule has 2 aromatic rings. The third-order valence-corrected chi connectivity index (χ3v) is 4.95. The summed E-state index contributed by atoms with van der Waals surface area (Å²) in [6.45, 7) is 2.35. The van der Waals surface area contributed by atoms with Crippen molar-refractivity contribution in [3.05, 3.63) is 48.0 Å². The van der Waals surface area contributed by atoms with Gasteiger partial charge in [0.15, 0.2) is 9.84 Å². The molecule has 0 aliphatic heterocycles. The summed E-state index contributed by atoms with van der Waals surface area (Å²) >= 11 is 0. The number of nitrogens with two attached hydrogens (primary N) is 1. The second kappa shape index (κ2) is 6.09. The summed E-state index contributed by atoms with van der Waals surface area (Å²) in [6, 6.07) is 6.06. The minimum atomic E-state index is -3.36. The van der Waals surface area contributed by atoms with Gasteiger partial charge in [0.05, 0.1) is 10.6 Å². The average molecular weight is 306 g/mol. The number of nitrogen functional groups attached to an aromatic ring is 1. The van der Waals surface area contributed by atoms with Gasteiger partial charge >= 0.3 is 0 Å². The van der Waals surface area contributed by atoms with Crippen molar-refractivity contribution >= 4 is 15.7 Å². The Bertz CT molecular complexity index is 733. The molecule has 6 nitrogen and oxygen atoms in total. The van der Waals surface area contributed by atoms with Gasteiger partial charge in [-0.2, -0.15) is 0 Å². The third-order valence-electron chi connectivity index (χ3n) is 3.24. The molecule has 0 bridgehead atoms. The van der Waals surface area contributed by atoms with Crippen LogP contribution in [-0.4, -0.2) is 29.6 Å². The Hall–Kier alpha value is -2.15. The molecule has 1 heterocycles. The molecule has 2 rings (SSSR count). The number of hydrogen-bond donors (Lipinski definition) is 2. The summed E-state index contributed by atoms with van der Waals surface area (Å²) in [7, 11) is -3.36. The van der Waals surface area contributed by atoms with Crippen molar-refractivity contribution in [1.29, 1.82) is 5.41 Å². The first-order chi connectivity index (χ1) is 9.94. The van der Waals surface area contributed by atoms with Gasteiger partial charge in [-0.15, -0.1) is 0 Å². The molecule has 7 heteroatoms. The largest absolute Gasteiger partial charge is 0.384 e. The maximum absolute atomic E-state index is 12.3. The number of aryl methyl sites for hydroxylation is 2. The van der Waals surface area contributed by atoms with Gasteiger partial charge in [-0.3, -0.25) is 5.41 Å². The average Bonchev–Trinajstić information content (AvgIpc) is 2.93. The minimum absolute atomic E-state index is 0.00970. The van der Waals surface area contributed by atoms with E-state index < -0.39 is 9.84 Å². The molecule has 112 valence electrons. The first-order valence-corrected chi connectivity index (χ1v) is 8.26. The lowest BCUT2D eigenvalue weighted by atomic mass is 10.2. The van der Waals surface area contributed by atoms with Crippen molar-refractivity contribution < 1.29 is 8.42 Å². The molecular weight excluding hydrogens is 288 g/mol. The fourth-order valence-electron chi connectivity index (χ4n) is 2.04. The van der Waals surface area contributed by atoms with Gasteiger partial charge in [0.1, 0.15) is 11.7 Å². The predicted octanol–water partition coefficient (Wildman–Crippen LogP) is 1.20. The summed E-state index contributed by atoms with van der Waals surface area (Å²) in [5, 5.41) is 7.30. The van der Waals surface area contributed by atoms with E-state index >= 15 is 0 Å². The molecule has 1 aromatic carbocycles. The van der Waals surface area contributed by atoms with Gasteiger partial charge in [-0.25, -0.2) is 13.4 Å². The molecule has 0 saturated carbocycles. The van der Waals surface area contributed by atoms with Crippen LogP contribution in [0.5, 0.6) is 0 Å². The molecule has 1 aromatic heterocycles. The van der Waals surface area contributed by atoms with E-state index in [0.29, 0.717) is 12.1 Å². The van der Waals surface area contributed by atoms with Crippen molar-refractivity contribution in [2.24, 2.45) is 5.73 Å². The van der Waals surface area contributed by atoms with E-state index in [2.05, 4.69) is 4.98 Å². The van der Waals surface area contributed by atoms with Crippen LogP contribution in [0.2, 0.25) is 0 Å². The Morgan fingerprint density at radius 2 is 2.00 bits per heavy atom. The van der Waals surface area contributed by atoms with Gasteiger partial charge in [0, 0.05) is 30.9 Å². The van der Waals surface area contributed by atoms with Crippen LogP contribution < -0.4 is 5.73 Å². The SMILES string of the molecule is CCc1nccn1CCS(=O)(=O)c1ccc(C(=N)N)cc1. The van der Waals surface area contributed by atoms with E-state index in [9.17, 15) is 8.42 Å². The fraction of sp³-hybridized carbons (Fsp3) is 0.286. The number of rotatable bonds is 6. The molecule has 0 saturated heterocycles. The third kappa shape index (κ3) is 3.49.